The molecule has 0 rings (SSSR count). The molecule has 8 heavy (non-hydrogen) atoms. The van der Waals surface area contributed by atoms with Crippen LogP contribution in [-0.4, -0.2) is 16.2 Å². The predicted octanol–water partition coefficient (Wildman–Crippen LogP) is 0.798. The summed E-state index contributed by atoms with van der Waals surface area (Å²) in [4.78, 5) is 9.25. The number of rotatable bonds is 1. The van der Waals surface area contributed by atoms with Gasteiger partial charge in [-0.1, -0.05) is 6.58 Å². The fourth-order valence-corrected chi connectivity index (χ4v) is 0. The van der Waals surface area contributed by atoms with Crippen LogP contribution in [0.2, 0.25) is 0 Å². The molecule has 0 unspecified atom stereocenters. The molecule has 0 amide bonds. The Kier molecular flexibility index (Phi) is 12.1. The smallest absolute Gasteiger partial charge is 0.327 e. The number of hydrogen-bond acceptors (Lipinski definition) is 2. The number of carbonyl (C=O) groups is 1. The van der Waals surface area contributed by atoms with E-state index in [1.807, 2.05) is 0 Å². The van der Waals surface area contributed by atoms with Gasteiger partial charge in [-0.15, -0.1) is 0 Å². The Bertz CT molecular complexity index is 68.1. The summed E-state index contributed by atoms with van der Waals surface area (Å²) in [7, 11) is 0. The van der Waals surface area contributed by atoms with Gasteiger partial charge in [0.05, 0.1) is 6.61 Å². The molecular weight excluding hydrogens is 108 g/mol. The highest BCUT2D eigenvalue weighted by Gasteiger charge is 1.73. The van der Waals surface area contributed by atoms with Crippen molar-refractivity contribution in [2.24, 2.45) is 0 Å². The van der Waals surface area contributed by atoms with E-state index in [0.717, 1.165) is 12.7 Å². The first-order valence-electron chi connectivity index (χ1n) is 1.96. The zero-order valence-electron chi connectivity index (χ0n) is 4.66. The average Bonchev–Trinajstić information content (AvgIpc) is 1.69. The van der Waals surface area contributed by atoms with Crippen LogP contribution >= 0.6 is 0 Å². The number of aliphatic carboxylic acids is 1. The van der Waals surface area contributed by atoms with Gasteiger partial charge in [0, 0.05) is 6.08 Å². The lowest BCUT2D eigenvalue weighted by atomic mass is 10.7. The highest BCUT2D eigenvalue weighted by Crippen LogP contribution is 1.54. The largest absolute Gasteiger partial charge is 0.478 e. The molecule has 0 atom stereocenters. The molecule has 0 fully saturated rings. The van der Waals surface area contributed by atoms with Crippen molar-refractivity contribution >= 4 is 5.97 Å². The maximum absolute atomic E-state index is 9.25. The van der Waals surface area contributed by atoms with E-state index in [4.69, 9.17) is 10.2 Å². The average molecular weight is 117 g/mol. The van der Waals surface area contributed by atoms with Crippen molar-refractivity contribution in [3.8, 4) is 0 Å². The van der Waals surface area contributed by atoms with Crippen LogP contribution in [0.5, 0.6) is 0 Å². The third-order valence-electron chi connectivity index (χ3n) is 0.175. The third kappa shape index (κ3) is 65.7. The number of aliphatic hydroxyl groups is 1. The summed E-state index contributed by atoms with van der Waals surface area (Å²) >= 11 is 0. The normalized spacial score (nSPS) is 6.25. The van der Waals surface area contributed by atoms with Gasteiger partial charge in [0.25, 0.3) is 0 Å². The molecule has 0 aromatic carbocycles. The Morgan fingerprint density at radius 3 is 1.88 bits per heavy atom. The van der Waals surface area contributed by atoms with E-state index >= 15 is 0 Å². The van der Waals surface area contributed by atoms with Crippen molar-refractivity contribution in [1.29, 1.82) is 0 Å². The van der Waals surface area contributed by atoms with Gasteiger partial charge in [0.1, 0.15) is 0 Å². The Balaban J connectivity index is 0. The highest BCUT2D eigenvalue weighted by molar-refractivity contribution is 5.78. The van der Waals surface area contributed by atoms with Gasteiger partial charge in [-0.2, -0.15) is 0 Å². The quantitative estimate of drug-likeness (QED) is 0.499. The summed E-state index contributed by atoms with van der Waals surface area (Å²) in [5.41, 5.74) is 0. The molecule has 0 aromatic rings. The lowest BCUT2D eigenvalue weighted by Crippen LogP contribution is -1.82. The van der Waals surface area contributed by atoms with Gasteiger partial charge >= 0.3 is 5.97 Å². The van der Waals surface area contributed by atoms with Gasteiger partial charge < -0.3 is 10.2 Å². The second-order valence-corrected chi connectivity index (χ2v) is 0.801. The van der Waals surface area contributed by atoms with Crippen LogP contribution in [0, 0.1) is 6.61 Å². The minimum absolute atomic E-state index is 0.833. The number of aliphatic hydroxyl groups excluding tert-OH is 1. The first-order chi connectivity index (χ1) is 3.68. The molecule has 0 saturated heterocycles. The fraction of sp³-hybridized carbons (Fsp3) is 0.200. The van der Waals surface area contributed by atoms with E-state index in [1.54, 1.807) is 6.92 Å². The maximum atomic E-state index is 9.25. The first-order valence-corrected chi connectivity index (χ1v) is 1.96. The molecule has 0 aliphatic heterocycles. The summed E-state index contributed by atoms with van der Waals surface area (Å²) in [5, 5.41) is 15.0. The molecule has 0 aliphatic rings. The van der Waals surface area contributed by atoms with Crippen molar-refractivity contribution in [3.63, 3.8) is 0 Å². The van der Waals surface area contributed by atoms with E-state index < -0.39 is 5.97 Å². The number of carboxylic acids is 1. The molecule has 0 saturated carbocycles. The third-order valence-corrected chi connectivity index (χ3v) is 0.175. The van der Waals surface area contributed by atoms with Crippen LogP contribution in [0.25, 0.3) is 0 Å². The first kappa shape index (κ1) is 10.2. The van der Waals surface area contributed by atoms with Crippen molar-refractivity contribution < 1.29 is 15.0 Å². The van der Waals surface area contributed by atoms with Crippen LogP contribution in [0.1, 0.15) is 6.92 Å². The van der Waals surface area contributed by atoms with Crippen LogP contribution in [-0.2, 0) is 4.79 Å². The molecule has 0 spiro atoms. The zero-order valence-corrected chi connectivity index (χ0v) is 4.66. The lowest BCUT2D eigenvalue weighted by Gasteiger charge is -1.64. The Hall–Kier alpha value is -0.830. The van der Waals surface area contributed by atoms with Crippen LogP contribution in [0.3, 0.4) is 0 Å². The lowest BCUT2D eigenvalue weighted by molar-refractivity contribution is -0.131. The second-order valence-electron chi connectivity index (χ2n) is 0.801. The molecule has 47 valence electrons. The molecule has 3 nitrogen and oxygen atoms in total. The van der Waals surface area contributed by atoms with Gasteiger partial charge in [0.2, 0.25) is 0 Å². The van der Waals surface area contributed by atoms with Crippen LogP contribution in [0.15, 0.2) is 12.7 Å². The minimum Gasteiger partial charge on any atom is -0.478 e. The summed E-state index contributed by atoms with van der Waals surface area (Å²) < 4.78 is 0. The van der Waals surface area contributed by atoms with E-state index in [0.29, 0.717) is 0 Å². The predicted molar refractivity (Wildman–Crippen MR) is 29.7 cm³/mol. The van der Waals surface area contributed by atoms with E-state index in [2.05, 4.69) is 6.58 Å². The van der Waals surface area contributed by atoms with E-state index in [1.165, 1.54) is 0 Å². The summed E-state index contributed by atoms with van der Waals surface area (Å²) in [5.74, 6) is -0.981. The molecule has 0 heterocycles. The number of hydrogen-bond donors (Lipinski definition) is 2. The summed E-state index contributed by atoms with van der Waals surface area (Å²) in [6.45, 7) is 5.52. The van der Waals surface area contributed by atoms with Crippen molar-refractivity contribution in [3.05, 3.63) is 19.3 Å². The van der Waals surface area contributed by atoms with Crippen molar-refractivity contribution in [2.75, 3.05) is 0 Å². The maximum Gasteiger partial charge on any atom is 0.327 e. The van der Waals surface area contributed by atoms with Gasteiger partial charge in [0.15, 0.2) is 0 Å². The van der Waals surface area contributed by atoms with Crippen LogP contribution in [0.4, 0.5) is 0 Å². The summed E-state index contributed by atoms with van der Waals surface area (Å²) in [6, 6.07) is 0. The molecular formula is C5H9O3. The van der Waals surface area contributed by atoms with Gasteiger partial charge in [-0.25, -0.2) is 4.79 Å². The highest BCUT2D eigenvalue weighted by atomic mass is 16.4. The molecule has 3 heteroatoms. The van der Waals surface area contributed by atoms with E-state index in [9.17, 15) is 4.79 Å². The molecule has 1 radical (unpaired) electrons. The Morgan fingerprint density at radius 2 is 1.88 bits per heavy atom. The van der Waals surface area contributed by atoms with Gasteiger partial charge in [-0.05, 0) is 6.92 Å². The minimum atomic E-state index is -0.981. The van der Waals surface area contributed by atoms with Crippen molar-refractivity contribution in [2.45, 2.75) is 6.92 Å². The van der Waals surface area contributed by atoms with E-state index in [-0.39, 0.29) is 0 Å². The SMILES string of the molecule is C=CC(=O)O.C[CH]O. The summed E-state index contributed by atoms with van der Waals surface area (Å²) in [6.07, 6.45) is 0.833. The number of carboxylic acid groups (broad SMARTS) is 1. The standard InChI is InChI=1S/C3H4O2.C2H5O/c1-2-3(4)5;1-2-3/h2H,1H2,(H,4,5);2-3H,1H3. The van der Waals surface area contributed by atoms with Gasteiger partial charge in [-0.3, -0.25) is 0 Å². The molecule has 0 bridgehead atoms. The molecule has 2 N–H and O–H groups in total. The molecule has 0 aromatic heterocycles. The Morgan fingerprint density at radius 1 is 1.75 bits per heavy atom. The Labute approximate surface area is 48.3 Å². The molecule has 0 aliphatic carbocycles. The monoisotopic (exact) mass is 117 g/mol. The van der Waals surface area contributed by atoms with Crippen molar-refractivity contribution in [1.82, 2.24) is 0 Å². The second kappa shape index (κ2) is 9.48. The fourth-order valence-electron chi connectivity index (χ4n) is 0. The van der Waals surface area contributed by atoms with Crippen LogP contribution < -0.4 is 0 Å². The topological polar surface area (TPSA) is 57.5 Å². The zero-order chi connectivity index (χ0) is 6.99.